The summed E-state index contributed by atoms with van der Waals surface area (Å²) in [6.45, 7) is 1.13. The van der Waals surface area contributed by atoms with Crippen molar-refractivity contribution in [1.29, 1.82) is 0 Å². The molecule has 15 heavy (non-hydrogen) atoms. The average molecular weight is 239 g/mol. The third-order valence-electron chi connectivity index (χ3n) is 1.94. The lowest BCUT2D eigenvalue weighted by molar-refractivity contribution is -0.144. The Balaban J connectivity index is 2.00. The van der Waals surface area contributed by atoms with Gasteiger partial charge in [0.1, 0.15) is 0 Å². The van der Waals surface area contributed by atoms with Crippen LogP contribution in [0.25, 0.3) is 0 Å². The van der Waals surface area contributed by atoms with Gasteiger partial charge in [-0.1, -0.05) is 0 Å². The van der Waals surface area contributed by atoms with Crippen molar-refractivity contribution in [3.05, 3.63) is 5.82 Å². The molecule has 84 valence electrons. The monoisotopic (exact) mass is 239 g/mol. The molecule has 1 aromatic rings. The summed E-state index contributed by atoms with van der Waals surface area (Å²) in [5, 5.41) is 3.05. The van der Waals surface area contributed by atoms with Crippen molar-refractivity contribution in [3.8, 4) is 0 Å². The van der Waals surface area contributed by atoms with Gasteiger partial charge in [-0.3, -0.25) is 0 Å². The maximum absolute atomic E-state index is 12.1. The molecule has 1 fully saturated rings. The van der Waals surface area contributed by atoms with Crippen LogP contribution in [0.2, 0.25) is 0 Å². The number of hydrogen-bond donors (Lipinski definition) is 1. The van der Waals surface area contributed by atoms with E-state index in [1.54, 1.807) is 0 Å². The smallest absolute Gasteiger partial charge is 0.379 e. The first-order chi connectivity index (χ1) is 7.05. The van der Waals surface area contributed by atoms with Gasteiger partial charge in [-0.15, -0.1) is 0 Å². The second kappa shape index (κ2) is 3.93. The molecule has 2 rings (SSSR count). The Labute approximate surface area is 87.6 Å². The molecule has 1 aromatic heterocycles. The summed E-state index contributed by atoms with van der Waals surface area (Å²) in [5.41, 5.74) is 0. The zero-order chi connectivity index (χ0) is 10.9. The van der Waals surface area contributed by atoms with E-state index in [9.17, 15) is 13.2 Å². The SMILES string of the molecule is FC(F)(F)c1nsc(NC2CCOC2)n1. The summed E-state index contributed by atoms with van der Waals surface area (Å²) in [6.07, 6.45) is -3.69. The predicted octanol–water partition coefficient (Wildman–Crippen LogP) is 1.76. The highest BCUT2D eigenvalue weighted by Crippen LogP contribution is 2.29. The third-order valence-corrected chi connectivity index (χ3v) is 2.58. The molecular weight excluding hydrogens is 231 g/mol. The van der Waals surface area contributed by atoms with Crippen LogP contribution in [-0.4, -0.2) is 28.6 Å². The van der Waals surface area contributed by atoms with Gasteiger partial charge in [0, 0.05) is 18.1 Å². The minimum atomic E-state index is -4.47. The zero-order valence-corrected chi connectivity index (χ0v) is 8.36. The molecule has 1 aliphatic heterocycles. The van der Waals surface area contributed by atoms with Crippen LogP contribution in [0.15, 0.2) is 0 Å². The summed E-state index contributed by atoms with van der Waals surface area (Å²) in [4.78, 5) is 3.36. The molecular formula is C7H8F3N3OS. The van der Waals surface area contributed by atoms with E-state index >= 15 is 0 Å². The topological polar surface area (TPSA) is 47.0 Å². The van der Waals surface area contributed by atoms with Gasteiger partial charge in [-0.2, -0.15) is 22.5 Å². The van der Waals surface area contributed by atoms with Crippen molar-refractivity contribution in [2.24, 2.45) is 0 Å². The van der Waals surface area contributed by atoms with E-state index in [4.69, 9.17) is 4.74 Å². The van der Waals surface area contributed by atoms with E-state index in [1.807, 2.05) is 0 Å². The van der Waals surface area contributed by atoms with Crippen LogP contribution < -0.4 is 5.32 Å². The maximum Gasteiger partial charge on any atom is 0.452 e. The highest BCUT2D eigenvalue weighted by molar-refractivity contribution is 7.09. The lowest BCUT2D eigenvalue weighted by atomic mass is 10.3. The first kappa shape index (κ1) is 10.6. The van der Waals surface area contributed by atoms with E-state index in [2.05, 4.69) is 14.7 Å². The molecule has 1 N–H and O–H groups in total. The molecule has 2 heterocycles. The molecule has 1 atom stereocenters. The molecule has 0 amide bonds. The van der Waals surface area contributed by atoms with Gasteiger partial charge >= 0.3 is 6.18 Å². The number of nitrogens with zero attached hydrogens (tertiary/aromatic N) is 2. The summed E-state index contributed by atoms with van der Waals surface area (Å²) < 4.78 is 44.7. The van der Waals surface area contributed by atoms with Gasteiger partial charge in [0.2, 0.25) is 11.0 Å². The molecule has 0 aromatic carbocycles. The molecule has 1 saturated heterocycles. The lowest BCUT2D eigenvalue weighted by Crippen LogP contribution is -2.19. The van der Waals surface area contributed by atoms with E-state index < -0.39 is 12.0 Å². The van der Waals surface area contributed by atoms with E-state index in [-0.39, 0.29) is 11.2 Å². The summed E-state index contributed by atoms with van der Waals surface area (Å²) >= 11 is 0.715. The number of rotatable bonds is 2. The Morgan fingerprint density at radius 2 is 2.27 bits per heavy atom. The largest absolute Gasteiger partial charge is 0.452 e. The van der Waals surface area contributed by atoms with Crippen molar-refractivity contribution >= 4 is 16.7 Å². The molecule has 4 nitrogen and oxygen atoms in total. The molecule has 1 unspecified atom stereocenters. The third kappa shape index (κ3) is 2.57. The number of hydrogen-bond acceptors (Lipinski definition) is 5. The van der Waals surface area contributed by atoms with Crippen LogP contribution in [0.3, 0.4) is 0 Å². The predicted molar refractivity (Wildman–Crippen MR) is 47.8 cm³/mol. The number of aromatic nitrogens is 2. The Morgan fingerprint density at radius 3 is 2.80 bits per heavy atom. The van der Waals surface area contributed by atoms with Crippen molar-refractivity contribution in [1.82, 2.24) is 9.36 Å². The zero-order valence-electron chi connectivity index (χ0n) is 7.54. The minimum Gasteiger partial charge on any atom is -0.379 e. The van der Waals surface area contributed by atoms with Crippen molar-refractivity contribution in [2.45, 2.75) is 18.6 Å². The average Bonchev–Trinajstić information content (AvgIpc) is 2.73. The number of ether oxygens (including phenoxy) is 1. The molecule has 1 aliphatic rings. The molecule has 0 saturated carbocycles. The highest BCUT2D eigenvalue weighted by atomic mass is 32.1. The van der Waals surface area contributed by atoms with Gasteiger partial charge < -0.3 is 10.1 Å². The fraction of sp³-hybridized carbons (Fsp3) is 0.714. The first-order valence-electron chi connectivity index (χ1n) is 4.31. The van der Waals surface area contributed by atoms with E-state index in [0.29, 0.717) is 24.7 Å². The standard InChI is InChI=1S/C7H8F3N3OS/c8-7(9,10)5-12-6(15-13-5)11-4-1-2-14-3-4/h4H,1-3H2,(H,11,12,13). The lowest BCUT2D eigenvalue weighted by Gasteiger charge is -2.07. The van der Waals surface area contributed by atoms with Gasteiger partial charge in [0.05, 0.1) is 12.6 Å². The van der Waals surface area contributed by atoms with Crippen LogP contribution in [0.5, 0.6) is 0 Å². The van der Waals surface area contributed by atoms with E-state index in [0.717, 1.165) is 6.42 Å². The number of nitrogens with one attached hydrogen (secondary N) is 1. The molecule has 0 bridgehead atoms. The Morgan fingerprint density at radius 1 is 1.47 bits per heavy atom. The van der Waals surface area contributed by atoms with Crippen LogP contribution in [0.1, 0.15) is 12.2 Å². The minimum absolute atomic E-state index is 0.0408. The number of halogens is 3. The summed E-state index contributed by atoms with van der Waals surface area (Å²) in [6, 6.07) is 0.0408. The molecule has 0 spiro atoms. The van der Waals surface area contributed by atoms with E-state index in [1.165, 1.54) is 0 Å². The van der Waals surface area contributed by atoms with Gasteiger partial charge in [-0.05, 0) is 6.42 Å². The fourth-order valence-corrected chi connectivity index (χ4v) is 1.88. The van der Waals surface area contributed by atoms with Crippen molar-refractivity contribution in [3.63, 3.8) is 0 Å². The van der Waals surface area contributed by atoms with Gasteiger partial charge in [-0.25, -0.2) is 0 Å². The van der Waals surface area contributed by atoms with Crippen LogP contribution >= 0.6 is 11.5 Å². The van der Waals surface area contributed by atoms with Crippen molar-refractivity contribution < 1.29 is 17.9 Å². The fourth-order valence-electron chi connectivity index (χ4n) is 1.22. The maximum atomic E-state index is 12.1. The second-order valence-electron chi connectivity index (χ2n) is 3.13. The summed E-state index contributed by atoms with van der Waals surface area (Å²) in [5.74, 6) is -1.09. The summed E-state index contributed by atoms with van der Waals surface area (Å²) in [7, 11) is 0. The highest BCUT2D eigenvalue weighted by Gasteiger charge is 2.36. The number of alkyl halides is 3. The Hall–Kier alpha value is -0.890. The Bertz CT molecular complexity index is 334. The van der Waals surface area contributed by atoms with Gasteiger partial charge in [0.15, 0.2) is 0 Å². The van der Waals surface area contributed by atoms with Gasteiger partial charge in [0.25, 0.3) is 0 Å². The number of anilines is 1. The van der Waals surface area contributed by atoms with Crippen LogP contribution in [0, 0.1) is 0 Å². The van der Waals surface area contributed by atoms with Crippen LogP contribution in [-0.2, 0) is 10.9 Å². The molecule has 8 heteroatoms. The molecule has 0 aliphatic carbocycles. The Kier molecular flexibility index (Phi) is 2.79. The normalized spacial score (nSPS) is 21.9. The van der Waals surface area contributed by atoms with Crippen molar-refractivity contribution in [2.75, 3.05) is 18.5 Å². The van der Waals surface area contributed by atoms with Crippen LogP contribution in [0.4, 0.5) is 18.3 Å². The molecule has 0 radical (unpaired) electrons. The second-order valence-corrected chi connectivity index (χ2v) is 3.88. The first-order valence-corrected chi connectivity index (χ1v) is 5.08. The quantitative estimate of drug-likeness (QED) is 0.854.